The Hall–Kier alpha value is -0.120. The van der Waals surface area contributed by atoms with Gasteiger partial charge in [-0.1, -0.05) is 0 Å². The van der Waals surface area contributed by atoms with E-state index in [0.717, 1.165) is 25.7 Å². The van der Waals surface area contributed by atoms with Crippen molar-refractivity contribution in [2.45, 2.75) is 12.5 Å². The third-order valence-electron chi connectivity index (χ3n) is 2.31. The fourth-order valence-corrected chi connectivity index (χ4v) is 1.43. The molecule has 0 unspecified atom stereocenters. The van der Waals surface area contributed by atoms with Gasteiger partial charge in [-0.25, -0.2) is 0 Å². The average molecular weight is 158 g/mol. The fraction of sp³-hybridized carbons (Fsp3) is 1.00. The number of hydrogen-bond acceptors (Lipinski definition) is 3. The van der Waals surface area contributed by atoms with Crippen molar-refractivity contribution in [1.82, 2.24) is 10.2 Å². The predicted octanol–water partition coefficient (Wildman–Crippen LogP) is -0.0735. The average Bonchev–Trinajstić information content (AvgIpc) is 2.52. The molecule has 1 heterocycles. The molecule has 1 fully saturated rings. The lowest BCUT2D eigenvalue weighted by atomic mass is 10.2. The van der Waals surface area contributed by atoms with Crippen LogP contribution in [-0.4, -0.2) is 51.3 Å². The zero-order chi connectivity index (χ0) is 8.10. The van der Waals surface area contributed by atoms with E-state index < -0.39 is 0 Å². The van der Waals surface area contributed by atoms with Crippen molar-refractivity contribution < 1.29 is 4.74 Å². The van der Waals surface area contributed by atoms with Crippen molar-refractivity contribution in [3.05, 3.63) is 0 Å². The van der Waals surface area contributed by atoms with Gasteiger partial charge in [-0.2, -0.15) is 0 Å². The monoisotopic (exact) mass is 158 g/mol. The first-order chi connectivity index (χ1) is 5.34. The molecule has 3 heteroatoms. The van der Waals surface area contributed by atoms with Crippen LogP contribution in [0.5, 0.6) is 0 Å². The van der Waals surface area contributed by atoms with Crippen molar-refractivity contribution >= 4 is 0 Å². The molecule has 3 nitrogen and oxygen atoms in total. The zero-order valence-corrected chi connectivity index (χ0v) is 7.47. The maximum atomic E-state index is 5.01. The summed E-state index contributed by atoms with van der Waals surface area (Å²) in [5, 5.41) is 3.35. The smallest absolute Gasteiger partial charge is 0.0589 e. The zero-order valence-electron chi connectivity index (χ0n) is 7.47. The molecule has 0 aromatic rings. The molecule has 0 radical (unpaired) electrons. The van der Waals surface area contributed by atoms with E-state index in [1.807, 2.05) is 0 Å². The Bertz CT molecular complexity index is 102. The highest BCUT2D eigenvalue weighted by atomic mass is 16.5. The standard InChI is InChI=1S/C8H18N2O/c1-10(5-6-11-2)8-3-4-9-7-8/h8-9H,3-7H2,1-2H3/t8-/m0/s1. The molecule has 1 aliphatic rings. The van der Waals surface area contributed by atoms with Crippen LogP contribution < -0.4 is 5.32 Å². The van der Waals surface area contributed by atoms with Crippen LogP contribution in [0.4, 0.5) is 0 Å². The number of likely N-dealkylation sites (N-methyl/N-ethyl adjacent to an activating group) is 1. The highest BCUT2D eigenvalue weighted by Crippen LogP contribution is 2.04. The van der Waals surface area contributed by atoms with E-state index in [2.05, 4.69) is 17.3 Å². The first-order valence-electron chi connectivity index (χ1n) is 4.24. The SMILES string of the molecule is COCCN(C)[C@H]1CCNC1. The van der Waals surface area contributed by atoms with Crippen molar-refractivity contribution in [3.63, 3.8) is 0 Å². The van der Waals surface area contributed by atoms with Gasteiger partial charge in [0.25, 0.3) is 0 Å². The molecule has 0 aliphatic carbocycles. The Morgan fingerprint density at radius 2 is 2.45 bits per heavy atom. The number of nitrogens with zero attached hydrogens (tertiary/aromatic N) is 1. The predicted molar refractivity (Wildman–Crippen MR) is 45.8 cm³/mol. The molecule has 1 aliphatic heterocycles. The molecule has 0 aromatic carbocycles. The summed E-state index contributed by atoms with van der Waals surface area (Å²) in [5.41, 5.74) is 0. The van der Waals surface area contributed by atoms with Gasteiger partial charge in [0.05, 0.1) is 6.61 Å². The maximum Gasteiger partial charge on any atom is 0.0589 e. The van der Waals surface area contributed by atoms with Gasteiger partial charge in [0, 0.05) is 26.2 Å². The Labute approximate surface area is 68.7 Å². The van der Waals surface area contributed by atoms with Crippen LogP contribution >= 0.6 is 0 Å². The summed E-state index contributed by atoms with van der Waals surface area (Å²) in [5.74, 6) is 0. The third kappa shape index (κ3) is 2.77. The fourth-order valence-electron chi connectivity index (χ4n) is 1.43. The number of hydrogen-bond donors (Lipinski definition) is 1. The molecule has 1 N–H and O–H groups in total. The molecule has 1 saturated heterocycles. The van der Waals surface area contributed by atoms with E-state index in [4.69, 9.17) is 4.74 Å². The minimum Gasteiger partial charge on any atom is -0.383 e. The second kappa shape index (κ2) is 4.70. The van der Waals surface area contributed by atoms with E-state index in [9.17, 15) is 0 Å². The number of ether oxygens (including phenoxy) is 1. The minimum absolute atomic E-state index is 0.727. The van der Waals surface area contributed by atoms with E-state index in [0.29, 0.717) is 0 Å². The second-order valence-electron chi connectivity index (χ2n) is 3.12. The number of nitrogens with one attached hydrogen (secondary N) is 1. The van der Waals surface area contributed by atoms with Crippen LogP contribution in [0, 0.1) is 0 Å². The second-order valence-corrected chi connectivity index (χ2v) is 3.12. The summed E-state index contributed by atoms with van der Waals surface area (Å²) in [6.45, 7) is 4.19. The maximum absolute atomic E-state index is 5.01. The van der Waals surface area contributed by atoms with Crippen molar-refractivity contribution in [2.24, 2.45) is 0 Å². The van der Waals surface area contributed by atoms with E-state index in [1.165, 1.54) is 13.0 Å². The lowest BCUT2D eigenvalue weighted by Gasteiger charge is -2.22. The largest absolute Gasteiger partial charge is 0.383 e. The molecule has 0 saturated carbocycles. The quantitative estimate of drug-likeness (QED) is 0.619. The summed E-state index contributed by atoms with van der Waals surface area (Å²) in [4.78, 5) is 2.36. The van der Waals surface area contributed by atoms with Crippen LogP contribution in [-0.2, 0) is 4.74 Å². The van der Waals surface area contributed by atoms with Crippen LogP contribution in [0.3, 0.4) is 0 Å². The molecule has 66 valence electrons. The van der Waals surface area contributed by atoms with Gasteiger partial charge >= 0.3 is 0 Å². The highest BCUT2D eigenvalue weighted by molar-refractivity contribution is 4.78. The first-order valence-corrected chi connectivity index (χ1v) is 4.24. The Balaban J connectivity index is 2.12. The molecule has 0 spiro atoms. The van der Waals surface area contributed by atoms with E-state index in [-0.39, 0.29) is 0 Å². The lowest BCUT2D eigenvalue weighted by Crippen LogP contribution is -2.35. The van der Waals surface area contributed by atoms with Gasteiger partial charge in [0.2, 0.25) is 0 Å². The van der Waals surface area contributed by atoms with Gasteiger partial charge in [0.15, 0.2) is 0 Å². The van der Waals surface area contributed by atoms with Gasteiger partial charge in [-0.3, -0.25) is 4.90 Å². The van der Waals surface area contributed by atoms with Gasteiger partial charge in [0.1, 0.15) is 0 Å². The summed E-state index contributed by atoms with van der Waals surface area (Å²) in [6.07, 6.45) is 1.28. The van der Waals surface area contributed by atoms with Gasteiger partial charge < -0.3 is 10.1 Å². The van der Waals surface area contributed by atoms with Crippen molar-refractivity contribution in [1.29, 1.82) is 0 Å². The molecular weight excluding hydrogens is 140 g/mol. The van der Waals surface area contributed by atoms with Gasteiger partial charge in [-0.15, -0.1) is 0 Å². The molecule has 11 heavy (non-hydrogen) atoms. The van der Waals surface area contributed by atoms with Crippen molar-refractivity contribution in [3.8, 4) is 0 Å². The van der Waals surface area contributed by atoms with Crippen LogP contribution in [0.2, 0.25) is 0 Å². The molecule has 0 bridgehead atoms. The van der Waals surface area contributed by atoms with Crippen LogP contribution in [0.15, 0.2) is 0 Å². The van der Waals surface area contributed by atoms with Gasteiger partial charge in [-0.05, 0) is 20.0 Å². The molecule has 1 rings (SSSR count). The summed E-state index contributed by atoms with van der Waals surface area (Å²) < 4.78 is 5.01. The molecule has 1 atom stereocenters. The van der Waals surface area contributed by atoms with Crippen LogP contribution in [0.1, 0.15) is 6.42 Å². The normalized spacial score (nSPS) is 24.8. The summed E-state index contributed by atoms with van der Waals surface area (Å²) >= 11 is 0. The Morgan fingerprint density at radius 3 is 3.00 bits per heavy atom. The third-order valence-corrected chi connectivity index (χ3v) is 2.31. The summed E-state index contributed by atoms with van der Waals surface area (Å²) in [7, 11) is 3.91. The first kappa shape index (κ1) is 8.97. The van der Waals surface area contributed by atoms with Crippen molar-refractivity contribution in [2.75, 3.05) is 40.4 Å². The summed E-state index contributed by atoms with van der Waals surface area (Å²) in [6, 6.07) is 0.727. The Kier molecular flexibility index (Phi) is 3.83. The van der Waals surface area contributed by atoms with E-state index >= 15 is 0 Å². The lowest BCUT2D eigenvalue weighted by molar-refractivity contribution is 0.143. The highest BCUT2D eigenvalue weighted by Gasteiger charge is 2.17. The molecule has 0 aromatic heterocycles. The number of rotatable bonds is 4. The number of methoxy groups -OCH3 is 1. The van der Waals surface area contributed by atoms with E-state index in [1.54, 1.807) is 7.11 Å². The van der Waals surface area contributed by atoms with Crippen LogP contribution in [0.25, 0.3) is 0 Å². The topological polar surface area (TPSA) is 24.5 Å². The minimum atomic E-state index is 0.727. The molecular formula is C8H18N2O. The Morgan fingerprint density at radius 1 is 1.64 bits per heavy atom. The molecule has 0 amide bonds.